The van der Waals surface area contributed by atoms with E-state index in [-0.39, 0.29) is 18.0 Å². The highest BCUT2D eigenvalue weighted by Gasteiger charge is 2.16. The number of likely N-dealkylation sites (N-methyl/N-ethyl adjacent to an activating group) is 1. The van der Waals surface area contributed by atoms with Crippen LogP contribution >= 0.6 is 0 Å². The first kappa shape index (κ1) is 20.3. The molecule has 0 radical (unpaired) electrons. The Morgan fingerprint density at radius 2 is 1.83 bits per heavy atom. The molecule has 1 amide bonds. The summed E-state index contributed by atoms with van der Waals surface area (Å²) < 4.78 is 3.23. The van der Waals surface area contributed by atoms with Crippen molar-refractivity contribution >= 4 is 16.8 Å². The fourth-order valence-electron chi connectivity index (χ4n) is 3.86. The Bertz CT molecular complexity index is 1080. The van der Waals surface area contributed by atoms with Gasteiger partial charge in [-0.1, -0.05) is 18.2 Å². The lowest BCUT2D eigenvalue weighted by atomic mass is 10.2. The molecule has 2 aromatic heterocycles. The highest BCUT2D eigenvalue weighted by atomic mass is 16.2. The van der Waals surface area contributed by atoms with Crippen molar-refractivity contribution in [3.63, 3.8) is 0 Å². The van der Waals surface area contributed by atoms with Crippen molar-refractivity contribution in [1.82, 2.24) is 29.5 Å². The summed E-state index contributed by atoms with van der Waals surface area (Å²) in [5.74, 6) is -0.154. The lowest BCUT2D eigenvalue weighted by molar-refractivity contribution is -0.121. The zero-order valence-electron chi connectivity index (χ0n) is 17.5. The highest BCUT2D eigenvalue weighted by molar-refractivity contribution is 5.83. The van der Waals surface area contributed by atoms with Crippen LogP contribution in [0.15, 0.2) is 47.4 Å². The number of hydrogen-bond acceptors (Lipinski definition) is 5. The monoisotopic (exact) mass is 408 g/mol. The number of hydrogen-bond donors (Lipinski definition) is 1. The first-order valence-electron chi connectivity index (χ1n) is 10.3. The smallest absolute Gasteiger partial charge is 0.262 e. The molecule has 0 spiro atoms. The molecule has 0 bridgehead atoms. The minimum absolute atomic E-state index is 0.00741. The fourth-order valence-corrected chi connectivity index (χ4v) is 3.86. The predicted octanol–water partition coefficient (Wildman–Crippen LogP) is 0.859. The predicted molar refractivity (Wildman–Crippen MR) is 117 cm³/mol. The molecular formula is C22H28N6O2. The molecule has 1 N–H and O–H groups in total. The van der Waals surface area contributed by atoms with Crippen LogP contribution in [0.1, 0.15) is 5.69 Å². The number of carbonyl (C=O) groups is 1. The van der Waals surface area contributed by atoms with E-state index in [1.165, 1.54) is 4.57 Å². The van der Waals surface area contributed by atoms with E-state index in [1.54, 1.807) is 10.9 Å². The average Bonchev–Trinajstić information content (AvgIpc) is 3.09. The van der Waals surface area contributed by atoms with E-state index in [0.29, 0.717) is 17.6 Å². The second-order valence-electron chi connectivity index (χ2n) is 7.84. The van der Waals surface area contributed by atoms with Crippen molar-refractivity contribution in [3.05, 3.63) is 58.6 Å². The summed E-state index contributed by atoms with van der Waals surface area (Å²) in [7, 11) is 2.12. The summed E-state index contributed by atoms with van der Waals surface area (Å²) in [5, 5.41) is 8.03. The van der Waals surface area contributed by atoms with E-state index < -0.39 is 0 Å². The Labute approximate surface area is 175 Å². The molecule has 3 heterocycles. The molecule has 4 rings (SSSR count). The Kier molecular flexibility index (Phi) is 5.96. The van der Waals surface area contributed by atoms with Crippen LogP contribution in [0.5, 0.6) is 0 Å². The topological polar surface area (TPSA) is 75.4 Å². The maximum atomic E-state index is 13.0. The van der Waals surface area contributed by atoms with Crippen LogP contribution in [-0.2, 0) is 11.3 Å². The fraction of sp³-hybridized carbons (Fsp3) is 0.409. The summed E-state index contributed by atoms with van der Waals surface area (Å²) in [5.41, 5.74) is 2.11. The molecule has 1 fully saturated rings. The number of nitrogens with zero attached hydrogens (tertiary/aromatic N) is 5. The number of fused-ring (bicyclic) bond motifs is 1. The van der Waals surface area contributed by atoms with Crippen molar-refractivity contribution in [3.8, 4) is 5.69 Å². The third-order valence-corrected chi connectivity index (χ3v) is 5.64. The van der Waals surface area contributed by atoms with Gasteiger partial charge in [0.1, 0.15) is 6.54 Å². The summed E-state index contributed by atoms with van der Waals surface area (Å²) in [4.78, 5) is 30.0. The summed E-state index contributed by atoms with van der Waals surface area (Å²) in [6.07, 6.45) is 1.67. The second-order valence-corrected chi connectivity index (χ2v) is 7.84. The van der Waals surface area contributed by atoms with Gasteiger partial charge in [-0.15, -0.1) is 0 Å². The maximum Gasteiger partial charge on any atom is 0.262 e. The number of para-hydroxylation sites is 1. The van der Waals surface area contributed by atoms with Gasteiger partial charge in [0.2, 0.25) is 5.91 Å². The number of aromatic nitrogens is 3. The third kappa shape index (κ3) is 4.29. The van der Waals surface area contributed by atoms with Crippen molar-refractivity contribution < 1.29 is 4.79 Å². The number of benzene rings is 1. The van der Waals surface area contributed by atoms with Gasteiger partial charge in [0.15, 0.2) is 0 Å². The lowest BCUT2D eigenvalue weighted by Crippen LogP contribution is -2.47. The SMILES string of the molecule is Cc1nn(-c2ccccc2)c2ccn(CC(=O)NCCN3CCN(C)CC3)c(=O)c12. The molecular weight excluding hydrogens is 380 g/mol. The zero-order chi connectivity index (χ0) is 21.1. The Morgan fingerprint density at radius 3 is 2.57 bits per heavy atom. The molecule has 1 aliphatic heterocycles. The number of piperazine rings is 1. The van der Waals surface area contributed by atoms with Crippen molar-refractivity contribution in [2.75, 3.05) is 46.3 Å². The van der Waals surface area contributed by atoms with Gasteiger partial charge >= 0.3 is 0 Å². The first-order valence-corrected chi connectivity index (χ1v) is 10.3. The Hall–Kier alpha value is -2.97. The molecule has 1 aliphatic rings. The molecule has 30 heavy (non-hydrogen) atoms. The molecule has 0 aliphatic carbocycles. The maximum absolute atomic E-state index is 13.0. The van der Waals surface area contributed by atoms with Crippen LogP contribution < -0.4 is 10.9 Å². The van der Waals surface area contributed by atoms with Gasteiger partial charge < -0.3 is 14.8 Å². The first-order chi connectivity index (χ1) is 14.5. The molecule has 0 saturated carbocycles. The van der Waals surface area contributed by atoms with E-state index in [4.69, 9.17) is 0 Å². The van der Waals surface area contributed by atoms with Gasteiger partial charge in [0.05, 0.1) is 22.3 Å². The average molecular weight is 409 g/mol. The number of pyridine rings is 1. The molecule has 8 nitrogen and oxygen atoms in total. The summed E-state index contributed by atoms with van der Waals surface area (Å²) in [6.45, 7) is 7.40. The van der Waals surface area contributed by atoms with Crippen LogP contribution in [0, 0.1) is 6.92 Å². The molecule has 0 unspecified atom stereocenters. The molecule has 1 aromatic carbocycles. The van der Waals surface area contributed by atoms with Crippen molar-refractivity contribution in [2.45, 2.75) is 13.5 Å². The summed E-state index contributed by atoms with van der Waals surface area (Å²) >= 11 is 0. The van der Waals surface area contributed by atoms with Crippen LogP contribution in [-0.4, -0.2) is 76.4 Å². The summed E-state index contributed by atoms with van der Waals surface area (Å²) in [6, 6.07) is 11.6. The zero-order valence-corrected chi connectivity index (χ0v) is 17.5. The minimum Gasteiger partial charge on any atom is -0.353 e. The molecule has 1 saturated heterocycles. The van der Waals surface area contributed by atoms with Gasteiger partial charge in [-0.3, -0.25) is 14.5 Å². The Balaban J connectivity index is 1.43. The van der Waals surface area contributed by atoms with Crippen molar-refractivity contribution in [2.24, 2.45) is 0 Å². The van der Waals surface area contributed by atoms with Gasteiger partial charge in [-0.25, -0.2) is 4.68 Å². The van der Waals surface area contributed by atoms with E-state index in [9.17, 15) is 9.59 Å². The standard InChI is InChI=1S/C22H28N6O2/c1-17-21-19(28(24-17)18-6-4-3-5-7-18)8-10-27(22(21)30)16-20(29)23-9-11-26-14-12-25(2)13-15-26/h3-8,10H,9,11-16H2,1-2H3,(H,23,29). The quantitative estimate of drug-likeness (QED) is 0.655. The number of nitrogens with one attached hydrogen (secondary N) is 1. The van der Waals surface area contributed by atoms with E-state index in [2.05, 4.69) is 27.3 Å². The number of rotatable bonds is 6. The Morgan fingerprint density at radius 1 is 1.10 bits per heavy atom. The van der Waals surface area contributed by atoms with E-state index >= 15 is 0 Å². The minimum atomic E-state index is -0.193. The van der Waals surface area contributed by atoms with Crippen LogP contribution in [0.25, 0.3) is 16.6 Å². The van der Waals surface area contributed by atoms with Gasteiger partial charge in [-0.2, -0.15) is 5.10 Å². The van der Waals surface area contributed by atoms with Crippen LogP contribution in [0.2, 0.25) is 0 Å². The second kappa shape index (κ2) is 8.81. The van der Waals surface area contributed by atoms with Crippen LogP contribution in [0.3, 0.4) is 0 Å². The molecule has 8 heteroatoms. The van der Waals surface area contributed by atoms with Gasteiger partial charge in [-0.05, 0) is 32.2 Å². The van der Waals surface area contributed by atoms with Gasteiger partial charge in [0.25, 0.3) is 5.56 Å². The van der Waals surface area contributed by atoms with E-state index in [0.717, 1.165) is 43.9 Å². The molecule has 0 atom stereocenters. The molecule has 158 valence electrons. The largest absolute Gasteiger partial charge is 0.353 e. The number of amides is 1. The van der Waals surface area contributed by atoms with Crippen LogP contribution in [0.4, 0.5) is 0 Å². The molecule has 3 aromatic rings. The highest BCUT2D eigenvalue weighted by Crippen LogP contribution is 2.18. The van der Waals surface area contributed by atoms with Gasteiger partial charge in [0, 0.05) is 45.5 Å². The van der Waals surface area contributed by atoms with E-state index in [1.807, 2.05) is 43.3 Å². The number of carbonyl (C=O) groups excluding carboxylic acids is 1. The lowest BCUT2D eigenvalue weighted by Gasteiger charge is -2.32. The third-order valence-electron chi connectivity index (χ3n) is 5.64. The number of aryl methyl sites for hydroxylation is 1. The normalized spacial score (nSPS) is 15.5. The van der Waals surface area contributed by atoms with Crippen molar-refractivity contribution in [1.29, 1.82) is 0 Å².